The lowest BCUT2D eigenvalue weighted by Gasteiger charge is -2.33. The van der Waals surface area contributed by atoms with Gasteiger partial charge in [-0.3, -0.25) is 0 Å². The summed E-state index contributed by atoms with van der Waals surface area (Å²) in [5, 5.41) is 3.57. The molecule has 1 saturated heterocycles. The molecule has 3 nitrogen and oxygen atoms in total. The SMILES string of the molecule is CCNC1CCCN(CCc2ccc(OC)cc2)C1. The van der Waals surface area contributed by atoms with Gasteiger partial charge >= 0.3 is 0 Å². The molecule has 0 spiro atoms. The maximum Gasteiger partial charge on any atom is 0.118 e. The molecule has 0 aliphatic carbocycles. The van der Waals surface area contributed by atoms with Gasteiger partial charge in [0.05, 0.1) is 7.11 Å². The van der Waals surface area contributed by atoms with Gasteiger partial charge in [0.25, 0.3) is 0 Å². The third-order valence-corrected chi connectivity index (χ3v) is 3.87. The Balaban J connectivity index is 1.77. The third kappa shape index (κ3) is 4.51. The average molecular weight is 262 g/mol. The molecule has 19 heavy (non-hydrogen) atoms. The number of piperidine rings is 1. The van der Waals surface area contributed by atoms with Crippen LogP contribution in [0.15, 0.2) is 24.3 Å². The number of likely N-dealkylation sites (tertiary alicyclic amines) is 1. The Kier molecular flexibility index (Phi) is 5.67. The molecule has 1 fully saturated rings. The minimum atomic E-state index is 0.689. The molecule has 1 atom stereocenters. The van der Waals surface area contributed by atoms with Crippen LogP contribution in [0.1, 0.15) is 25.3 Å². The first-order valence-electron chi connectivity index (χ1n) is 7.40. The predicted molar refractivity (Wildman–Crippen MR) is 79.8 cm³/mol. The summed E-state index contributed by atoms with van der Waals surface area (Å²) in [6.07, 6.45) is 3.77. The van der Waals surface area contributed by atoms with Gasteiger partial charge in [0.15, 0.2) is 0 Å². The van der Waals surface area contributed by atoms with Crippen molar-refractivity contribution in [1.29, 1.82) is 0 Å². The molecule has 0 amide bonds. The molecule has 3 heteroatoms. The van der Waals surface area contributed by atoms with Crippen LogP contribution in [0.5, 0.6) is 5.75 Å². The molecule has 0 aromatic heterocycles. The second-order valence-electron chi connectivity index (χ2n) is 5.30. The lowest BCUT2D eigenvalue weighted by atomic mass is 10.0. The van der Waals surface area contributed by atoms with Crippen LogP contribution in [0.25, 0.3) is 0 Å². The Labute approximate surface area is 116 Å². The molecule has 2 rings (SSSR count). The fourth-order valence-corrected chi connectivity index (χ4v) is 2.79. The van der Waals surface area contributed by atoms with E-state index in [0.29, 0.717) is 6.04 Å². The van der Waals surface area contributed by atoms with Gasteiger partial charge in [-0.2, -0.15) is 0 Å². The average Bonchev–Trinajstić information content (AvgIpc) is 2.46. The van der Waals surface area contributed by atoms with Gasteiger partial charge < -0.3 is 15.0 Å². The molecule has 1 aromatic carbocycles. The highest BCUT2D eigenvalue weighted by Crippen LogP contribution is 2.14. The Morgan fingerprint density at radius 1 is 1.32 bits per heavy atom. The van der Waals surface area contributed by atoms with Crippen LogP contribution in [0.2, 0.25) is 0 Å². The Hall–Kier alpha value is -1.06. The van der Waals surface area contributed by atoms with Crippen molar-refractivity contribution < 1.29 is 4.74 Å². The molecular formula is C16H26N2O. The minimum absolute atomic E-state index is 0.689. The summed E-state index contributed by atoms with van der Waals surface area (Å²) in [6, 6.07) is 9.13. The summed E-state index contributed by atoms with van der Waals surface area (Å²) >= 11 is 0. The monoisotopic (exact) mass is 262 g/mol. The smallest absolute Gasteiger partial charge is 0.118 e. The van der Waals surface area contributed by atoms with E-state index < -0.39 is 0 Å². The summed E-state index contributed by atoms with van der Waals surface area (Å²) in [6.45, 7) is 6.88. The normalized spacial score (nSPS) is 20.4. The number of rotatable bonds is 6. The van der Waals surface area contributed by atoms with Crippen LogP contribution in [-0.2, 0) is 6.42 Å². The van der Waals surface area contributed by atoms with Crippen molar-refractivity contribution in [2.45, 2.75) is 32.2 Å². The zero-order chi connectivity index (χ0) is 13.5. The largest absolute Gasteiger partial charge is 0.497 e. The number of likely N-dealkylation sites (N-methyl/N-ethyl adjacent to an activating group) is 1. The molecule has 0 saturated carbocycles. The van der Waals surface area contributed by atoms with Gasteiger partial charge in [-0.25, -0.2) is 0 Å². The molecule has 0 radical (unpaired) electrons. The van der Waals surface area contributed by atoms with Gasteiger partial charge in [0, 0.05) is 19.1 Å². The minimum Gasteiger partial charge on any atom is -0.497 e. The van der Waals surface area contributed by atoms with Crippen LogP contribution < -0.4 is 10.1 Å². The third-order valence-electron chi connectivity index (χ3n) is 3.87. The zero-order valence-corrected chi connectivity index (χ0v) is 12.2. The number of nitrogens with one attached hydrogen (secondary N) is 1. The number of benzene rings is 1. The molecule has 1 heterocycles. The van der Waals surface area contributed by atoms with Gasteiger partial charge in [-0.15, -0.1) is 0 Å². The lowest BCUT2D eigenvalue weighted by Crippen LogP contribution is -2.46. The van der Waals surface area contributed by atoms with Gasteiger partial charge in [0.2, 0.25) is 0 Å². The maximum atomic E-state index is 5.19. The Morgan fingerprint density at radius 3 is 2.79 bits per heavy atom. The van der Waals surface area contributed by atoms with Crippen molar-refractivity contribution >= 4 is 0 Å². The van der Waals surface area contributed by atoms with E-state index in [2.05, 4.69) is 29.3 Å². The van der Waals surface area contributed by atoms with Crippen molar-refractivity contribution in [2.75, 3.05) is 33.3 Å². The van der Waals surface area contributed by atoms with E-state index >= 15 is 0 Å². The first-order chi connectivity index (χ1) is 9.31. The lowest BCUT2D eigenvalue weighted by molar-refractivity contribution is 0.194. The van der Waals surface area contributed by atoms with Crippen LogP contribution >= 0.6 is 0 Å². The summed E-state index contributed by atoms with van der Waals surface area (Å²) in [5.74, 6) is 0.939. The molecule has 0 bridgehead atoms. The first-order valence-corrected chi connectivity index (χ1v) is 7.40. The fraction of sp³-hybridized carbons (Fsp3) is 0.625. The fourth-order valence-electron chi connectivity index (χ4n) is 2.79. The predicted octanol–water partition coefficient (Wildman–Crippen LogP) is 2.31. The van der Waals surface area contributed by atoms with Crippen LogP contribution in [0, 0.1) is 0 Å². The molecule has 1 unspecified atom stereocenters. The Morgan fingerprint density at radius 2 is 2.11 bits per heavy atom. The molecule has 1 aliphatic rings. The van der Waals surface area contributed by atoms with Crippen LogP contribution in [0.3, 0.4) is 0 Å². The summed E-state index contributed by atoms with van der Waals surface area (Å²) in [5.41, 5.74) is 1.39. The molecular weight excluding hydrogens is 236 g/mol. The van der Waals surface area contributed by atoms with E-state index in [1.54, 1.807) is 7.11 Å². The van der Waals surface area contributed by atoms with Crippen molar-refractivity contribution in [1.82, 2.24) is 10.2 Å². The van der Waals surface area contributed by atoms with E-state index in [-0.39, 0.29) is 0 Å². The highest BCUT2D eigenvalue weighted by atomic mass is 16.5. The Bertz CT molecular complexity index is 362. The molecule has 1 aliphatic heterocycles. The number of methoxy groups -OCH3 is 1. The van der Waals surface area contributed by atoms with E-state index in [4.69, 9.17) is 4.74 Å². The number of hydrogen-bond acceptors (Lipinski definition) is 3. The van der Waals surface area contributed by atoms with Gasteiger partial charge in [-0.1, -0.05) is 19.1 Å². The van der Waals surface area contributed by atoms with Gasteiger partial charge in [0.1, 0.15) is 5.75 Å². The van der Waals surface area contributed by atoms with E-state index in [9.17, 15) is 0 Å². The van der Waals surface area contributed by atoms with Crippen molar-refractivity contribution in [3.63, 3.8) is 0 Å². The number of ether oxygens (including phenoxy) is 1. The second-order valence-corrected chi connectivity index (χ2v) is 5.30. The van der Waals surface area contributed by atoms with Crippen LogP contribution in [0.4, 0.5) is 0 Å². The first kappa shape index (κ1) is 14.4. The number of nitrogens with zero attached hydrogens (tertiary/aromatic N) is 1. The maximum absolute atomic E-state index is 5.19. The summed E-state index contributed by atoms with van der Waals surface area (Å²) in [7, 11) is 1.71. The van der Waals surface area contributed by atoms with Gasteiger partial charge in [-0.05, 0) is 50.0 Å². The quantitative estimate of drug-likeness (QED) is 0.851. The molecule has 106 valence electrons. The van der Waals surface area contributed by atoms with Crippen molar-refractivity contribution in [3.8, 4) is 5.75 Å². The summed E-state index contributed by atoms with van der Waals surface area (Å²) < 4.78 is 5.19. The van der Waals surface area contributed by atoms with Crippen molar-refractivity contribution in [3.05, 3.63) is 29.8 Å². The number of hydrogen-bond donors (Lipinski definition) is 1. The van der Waals surface area contributed by atoms with E-state index in [1.807, 2.05) is 12.1 Å². The van der Waals surface area contributed by atoms with E-state index in [0.717, 1.165) is 25.3 Å². The zero-order valence-electron chi connectivity index (χ0n) is 12.2. The van der Waals surface area contributed by atoms with Crippen LogP contribution in [-0.4, -0.2) is 44.2 Å². The second kappa shape index (κ2) is 7.51. The topological polar surface area (TPSA) is 24.5 Å². The summed E-state index contributed by atoms with van der Waals surface area (Å²) in [4.78, 5) is 2.58. The molecule has 1 N–H and O–H groups in total. The van der Waals surface area contributed by atoms with E-state index in [1.165, 1.54) is 31.5 Å². The molecule has 1 aromatic rings. The van der Waals surface area contributed by atoms with Crippen molar-refractivity contribution in [2.24, 2.45) is 0 Å². The highest BCUT2D eigenvalue weighted by molar-refractivity contribution is 5.27. The standard InChI is InChI=1S/C16H26N2O/c1-3-17-15-5-4-11-18(13-15)12-10-14-6-8-16(19-2)9-7-14/h6-9,15,17H,3-5,10-13H2,1-2H3. The highest BCUT2D eigenvalue weighted by Gasteiger charge is 2.18.